The van der Waals surface area contributed by atoms with Crippen LogP contribution in [0.5, 0.6) is 0 Å². The van der Waals surface area contributed by atoms with Crippen LogP contribution in [0.4, 0.5) is 0 Å². The molecule has 2 N–H and O–H groups in total. The van der Waals surface area contributed by atoms with E-state index in [2.05, 4.69) is 20.8 Å². The molecule has 0 aromatic carbocycles. The highest BCUT2D eigenvalue weighted by molar-refractivity contribution is 5.88. The van der Waals surface area contributed by atoms with E-state index in [-0.39, 0.29) is 10.8 Å². The lowest BCUT2D eigenvalue weighted by Gasteiger charge is -2.29. The van der Waals surface area contributed by atoms with Crippen LogP contribution in [0.25, 0.3) is 0 Å². The zero-order valence-corrected chi connectivity index (χ0v) is 9.02. The first-order chi connectivity index (χ1) is 5.94. The van der Waals surface area contributed by atoms with Gasteiger partial charge < -0.3 is 5.73 Å². The number of carbonyl (C=O) groups excluding carboxylic acids is 1. The lowest BCUT2D eigenvalue weighted by Crippen LogP contribution is -2.30. The molecule has 2 heteroatoms. The summed E-state index contributed by atoms with van der Waals surface area (Å²) in [4.78, 5) is 11.9. The standard InChI is InChI=1S/C11H21NO/c1-10(2,3)11(6-7-11)9(13)5-4-8-12/h4-8,12H2,1-3H3. The van der Waals surface area contributed by atoms with Crippen LogP contribution < -0.4 is 5.73 Å². The van der Waals surface area contributed by atoms with Crippen LogP contribution in [-0.2, 0) is 4.79 Å². The van der Waals surface area contributed by atoms with E-state index in [0.717, 1.165) is 19.3 Å². The van der Waals surface area contributed by atoms with Gasteiger partial charge in [0.1, 0.15) is 5.78 Å². The third-order valence-electron chi connectivity index (χ3n) is 3.33. The van der Waals surface area contributed by atoms with E-state index in [1.54, 1.807) is 0 Å². The summed E-state index contributed by atoms with van der Waals surface area (Å²) in [6.45, 7) is 7.13. The summed E-state index contributed by atoms with van der Waals surface area (Å²) in [6.07, 6.45) is 3.68. The lowest BCUT2D eigenvalue weighted by molar-refractivity contribution is -0.128. The molecule has 1 saturated carbocycles. The molecule has 0 radical (unpaired) electrons. The third kappa shape index (κ3) is 1.93. The summed E-state index contributed by atoms with van der Waals surface area (Å²) in [6, 6.07) is 0. The molecule has 0 atom stereocenters. The molecule has 76 valence electrons. The molecule has 0 aromatic rings. The van der Waals surface area contributed by atoms with Crippen molar-refractivity contribution in [2.75, 3.05) is 6.54 Å². The maximum Gasteiger partial charge on any atom is 0.139 e. The SMILES string of the molecule is CC(C)(C)C1(C(=O)CCCN)CC1. The van der Waals surface area contributed by atoms with E-state index in [1.165, 1.54) is 0 Å². The molecule has 13 heavy (non-hydrogen) atoms. The molecule has 2 nitrogen and oxygen atoms in total. The summed E-state index contributed by atoms with van der Waals surface area (Å²) in [5, 5.41) is 0. The average Bonchev–Trinajstić information content (AvgIpc) is 2.78. The molecule has 0 bridgehead atoms. The highest BCUT2D eigenvalue weighted by Gasteiger charge is 2.56. The molecule has 0 unspecified atom stereocenters. The Morgan fingerprint density at radius 3 is 2.23 bits per heavy atom. The van der Waals surface area contributed by atoms with E-state index in [4.69, 9.17) is 5.73 Å². The smallest absolute Gasteiger partial charge is 0.139 e. The number of carbonyl (C=O) groups is 1. The van der Waals surface area contributed by atoms with Gasteiger partial charge in [-0.3, -0.25) is 4.79 Å². The fourth-order valence-electron chi connectivity index (χ4n) is 2.07. The summed E-state index contributed by atoms with van der Waals surface area (Å²) in [7, 11) is 0. The molecular weight excluding hydrogens is 162 g/mol. The van der Waals surface area contributed by atoms with Gasteiger partial charge in [-0.25, -0.2) is 0 Å². The molecule has 0 aromatic heterocycles. The van der Waals surface area contributed by atoms with Crippen molar-refractivity contribution in [2.24, 2.45) is 16.6 Å². The Kier molecular flexibility index (Phi) is 2.81. The summed E-state index contributed by atoms with van der Waals surface area (Å²) in [5.41, 5.74) is 5.54. The number of Topliss-reactive ketones (excluding diaryl/α,β-unsaturated/α-hetero) is 1. The second-order valence-electron chi connectivity index (χ2n) is 5.15. The Labute approximate surface area is 80.9 Å². The van der Waals surface area contributed by atoms with E-state index in [0.29, 0.717) is 18.7 Å². The van der Waals surface area contributed by atoms with Crippen molar-refractivity contribution in [3.05, 3.63) is 0 Å². The van der Waals surface area contributed by atoms with Gasteiger partial charge in [-0.1, -0.05) is 20.8 Å². The van der Waals surface area contributed by atoms with Crippen molar-refractivity contribution in [3.63, 3.8) is 0 Å². The Morgan fingerprint density at radius 2 is 1.92 bits per heavy atom. The van der Waals surface area contributed by atoms with Gasteiger partial charge in [-0.05, 0) is 31.2 Å². The highest BCUT2D eigenvalue weighted by Crippen LogP contribution is 2.59. The van der Waals surface area contributed by atoms with Crippen LogP contribution in [0.15, 0.2) is 0 Å². The molecule has 0 amide bonds. The van der Waals surface area contributed by atoms with Crippen LogP contribution in [0.3, 0.4) is 0 Å². The number of hydrogen-bond acceptors (Lipinski definition) is 2. The zero-order valence-electron chi connectivity index (χ0n) is 9.02. The lowest BCUT2D eigenvalue weighted by atomic mass is 9.74. The van der Waals surface area contributed by atoms with Crippen molar-refractivity contribution in [2.45, 2.75) is 46.5 Å². The van der Waals surface area contributed by atoms with Crippen molar-refractivity contribution in [1.82, 2.24) is 0 Å². The second kappa shape index (κ2) is 3.41. The quantitative estimate of drug-likeness (QED) is 0.725. The summed E-state index contributed by atoms with van der Waals surface area (Å²) in [5.74, 6) is 0.436. The fourth-order valence-corrected chi connectivity index (χ4v) is 2.07. The number of nitrogens with two attached hydrogens (primary N) is 1. The summed E-state index contributed by atoms with van der Waals surface area (Å²) >= 11 is 0. The van der Waals surface area contributed by atoms with Gasteiger partial charge in [-0.15, -0.1) is 0 Å². The summed E-state index contributed by atoms with van der Waals surface area (Å²) < 4.78 is 0. The van der Waals surface area contributed by atoms with Crippen molar-refractivity contribution >= 4 is 5.78 Å². The average molecular weight is 183 g/mol. The van der Waals surface area contributed by atoms with Crippen molar-refractivity contribution in [3.8, 4) is 0 Å². The minimum absolute atomic E-state index is 0.00215. The van der Waals surface area contributed by atoms with Crippen LogP contribution in [0.2, 0.25) is 0 Å². The highest BCUT2D eigenvalue weighted by atomic mass is 16.1. The van der Waals surface area contributed by atoms with Gasteiger partial charge in [0.05, 0.1) is 0 Å². The number of hydrogen-bond donors (Lipinski definition) is 1. The van der Waals surface area contributed by atoms with Gasteiger partial charge in [0.15, 0.2) is 0 Å². The van der Waals surface area contributed by atoms with E-state index in [9.17, 15) is 4.79 Å². The van der Waals surface area contributed by atoms with Crippen LogP contribution in [0.1, 0.15) is 46.5 Å². The predicted octanol–water partition coefficient (Wildman–Crippen LogP) is 2.12. The Balaban J connectivity index is 2.56. The second-order valence-corrected chi connectivity index (χ2v) is 5.15. The normalized spacial score (nSPS) is 20.0. The van der Waals surface area contributed by atoms with E-state index in [1.807, 2.05) is 0 Å². The largest absolute Gasteiger partial charge is 0.330 e. The first-order valence-electron chi connectivity index (χ1n) is 5.17. The molecule has 1 rings (SSSR count). The fraction of sp³-hybridized carbons (Fsp3) is 0.909. The first-order valence-corrected chi connectivity index (χ1v) is 5.17. The number of ketones is 1. The predicted molar refractivity (Wildman–Crippen MR) is 54.4 cm³/mol. The minimum Gasteiger partial charge on any atom is -0.330 e. The maximum absolute atomic E-state index is 11.9. The monoisotopic (exact) mass is 183 g/mol. The van der Waals surface area contributed by atoms with E-state index >= 15 is 0 Å². The third-order valence-corrected chi connectivity index (χ3v) is 3.33. The molecule has 0 saturated heterocycles. The Bertz CT molecular complexity index is 199. The zero-order chi connectivity index (χ0) is 10.1. The number of rotatable bonds is 4. The van der Waals surface area contributed by atoms with Crippen molar-refractivity contribution < 1.29 is 4.79 Å². The molecule has 0 aliphatic heterocycles. The Morgan fingerprint density at radius 1 is 1.38 bits per heavy atom. The van der Waals surface area contributed by atoms with Crippen LogP contribution in [0, 0.1) is 10.8 Å². The molecule has 1 aliphatic carbocycles. The van der Waals surface area contributed by atoms with E-state index < -0.39 is 0 Å². The van der Waals surface area contributed by atoms with Gasteiger partial charge in [0.2, 0.25) is 0 Å². The maximum atomic E-state index is 11.9. The van der Waals surface area contributed by atoms with Gasteiger partial charge >= 0.3 is 0 Å². The van der Waals surface area contributed by atoms with Gasteiger partial charge in [-0.2, -0.15) is 0 Å². The topological polar surface area (TPSA) is 43.1 Å². The molecular formula is C11H21NO. The van der Waals surface area contributed by atoms with Crippen molar-refractivity contribution in [1.29, 1.82) is 0 Å². The first kappa shape index (κ1) is 10.7. The van der Waals surface area contributed by atoms with Gasteiger partial charge in [0.25, 0.3) is 0 Å². The molecule has 0 spiro atoms. The Hall–Kier alpha value is -0.370. The molecule has 1 fully saturated rings. The van der Waals surface area contributed by atoms with Gasteiger partial charge in [0, 0.05) is 11.8 Å². The molecule has 1 aliphatic rings. The van der Waals surface area contributed by atoms with Crippen LogP contribution >= 0.6 is 0 Å². The van der Waals surface area contributed by atoms with Crippen LogP contribution in [-0.4, -0.2) is 12.3 Å². The minimum atomic E-state index is 0.00215. The molecule has 0 heterocycles.